The molecule has 0 saturated heterocycles. The van der Waals surface area contributed by atoms with E-state index in [1.54, 1.807) is 24.3 Å². The van der Waals surface area contributed by atoms with Gasteiger partial charge < -0.3 is 5.32 Å². The molecule has 0 unspecified atom stereocenters. The maximum Gasteiger partial charge on any atom is 0.257 e. The van der Waals surface area contributed by atoms with Crippen molar-refractivity contribution in [2.45, 2.75) is 0 Å². The van der Waals surface area contributed by atoms with Crippen molar-refractivity contribution in [2.24, 2.45) is 0 Å². The Labute approximate surface area is 155 Å². The van der Waals surface area contributed by atoms with Gasteiger partial charge in [0.2, 0.25) is 0 Å². The van der Waals surface area contributed by atoms with Gasteiger partial charge >= 0.3 is 0 Å². The number of hydrogen-bond donors (Lipinski definition) is 2. The first-order chi connectivity index (χ1) is 11.0. The summed E-state index contributed by atoms with van der Waals surface area (Å²) in [7, 11) is 0. The van der Waals surface area contributed by atoms with Crippen LogP contribution in [0.2, 0.25) is 5.02 Å². The summed E-state index contributed by atoms with van der Waals surface area (Å²) in [6.45, 7) is 0. The molecule has 0 spiro atoms. The summed E-state index contributed by atoms with van der Waals surface area (Å²) in [6, 6.07) is 12.5. The highest BCUT2D eigenvalue weighted by Gasteiger charge is 2.10. The molecular formula is C15H9BrClN3OS2. The minimum atomic E-state index is -0.284. The molecule has 0 saturated carbocycles. The molecule has 8 heteroatoms. The summed E-state index contributed by atoms with van der Waals surface area (Å²) >= 11 is 15.9. The van der Waals surface area contributed by atoms with Crippen LogP contribution in [0.25, 0.3) is 10.2 Å². The summed E-state index contributed by atoms with van der Waals surface area (Å²) in [6.07, 6.45) is 0. The number of rotatable bonds is 2. The Hall–Kier alpha value is -1.54. The number of nitrogens with one attached hydrogen (secondary N) is 2. The average Bonchev–Trinajstić information content (AvgIpc) is 2.88. The van der Waals surface area contributed by atoms with Crippen molar-refractivity contribution >= 4 is 77.5 Å². The first-order valence-corrected chi connectivity index (χ1v) is 8.85. The number of anilines is 1. The van der Waals surface area contributed by atoms with E-state index in [0.717, 1.165) is 14.7 Å². The number of amides is 1. The van der Waals surface area contributed by atoms with Gasteiger partial charge in [-0.05, 0) is 48.6 Å². The number of benzene rings is 2. The highest BCUT2D eigenvalue weighted by Crippen LogP contribution is 2.28. The molecule has 2 N–H and O–H groups in total. The number of hydrogen-bond acceptors (Lipinski definition) is 4. The Morgan fingerprint density at radius 2 is 2.09 bits per heavy atom. The van der Waals surface area contributed by atoms with Crippen molar-refractivity contribution in [1.82, 2.24) is 10.3 Å². The second kappa shape index (κ2) is 6.92. The summed E-state index contributed by atoms with van der Waals surface area (Å²) < 4.78 is 1.77. The number of fused-ring (bicyclic) bond motifs is 1. The lowest BCUT2D eigenvalue weighted by Crippen LogP contribution is -2.34. The average molecular weight is 427 g/mol. The molecule has 3 rings (SSSR count). The van der Waals surface area contributed by atoms with Gasteiger partial charge in [0.05, 0.1) is 10.2 Å². The van der Waals surface area contributed by atoms with Gasteiger partial charge in [-0.3, -0.25) is 10.1 Å². The van der Waals surface area contributed by atoms with Crippen LogP contribution in [-0.4, -0.2) is 16.0 Å². The van der Waals surface area contributed by atoms with E-state index < -0.39 is 0 Å². The molecule has 1 amide bonds. The van der Waals surface area contributed by atoms with E-state index >= 15 is 0 Å². The van der Waals surface area contributed by atoms with Gasteiger partial charge in [0.1, 0.15) is 0 Å². The van der Waals surface area contributed by atoms with E-state index in [2.05, 4.69) is 31.5 Å². The molecule has 1 heterocycles. The molecule has 23 heavy (non-hydrogen) atoms. The van der Waals surface area contributed by atoms with Gasteiger partial charge in [0.25, 0.3) is 5.91 Å². The minimum Gasteiger partial charge on any atom is -0.308 e. The second-order valence-corrected chi connectivity index (χ2v) is 7.34. The molecule has 0 bridgehead atoms. The predicted molar refractivity (Wildman–Crippen MR) is 102 cm³/mol. The summed E-state index contributed by atoms with van der Waals surface area (Å²) in [4.78, 5) is 16.5. The lowest BCUT2D eigenvalue weighted by Gasteiger charge is -2.07. The molecule has 0 fully saturated rings. The van der Waals surface area contributed by atoms with Crippen LogP contribution in [0.4, 0.5) is 5.13 Å². The predicted octanol–water partition coefficient (Wildman–Crippen LogP) is 4.84. The van der Waals surface area contributed by atoms with E-state index in [4.69, 9.17) is 23.8 Å². The van der Waals surface area contributed by atoms with Gasteiger partial charge in [-0.25, -0.2) is 4.98 Å². The van der Waals surface area contributed by atoms with Crippen molar-refractivity contribution in [1.29, 1.82) is 0 Å². The van der Waals surface area contributed by atoms with Gasteiger partial charge in [-0.1, -0.05) is 44.9 Å². The number of carbonyl (C=O) groups excluding carboxylic acids is 1. The first kappa shape index (κ1) is 16.3. The van der Waals surface area contributed by atoms with Gasteiger partial charge in [-0.2, -0.15) is 0 Å². The van der Waals surface area contributed by atoms with Crippen LogP contribution >= 0.6 is 51.1 Å². The molecule has 0 aliphatic carbocycles. The SMILES string of the molecule is O=C(NC(=S)Nc1nc2ccc(Cl)cc2s1)c1cccc(Br)c1. The molecular weight excluding hydrogens is 418 g/mol. The number of halogens is 2. The number of thiocarbonyl (C=S) groups is 1. The van der Waals surface area contributed by atoms with Crippen molar-refractivity contribution in [3.8, 4) is 0 Å². The number of thiazole rings is 1. The van der Waals surface area contributed by atoms with Crippen LogP contribution in [-0.2, 0) is 0 Å². The fourth-order valence-electron chi connectivity index (χ4n) is 1.89. The molecule has 0 aliphatic rings. The molecule has 1 aromatic heterocycles. The monoisotopic (exact) mass is 425 g/mol. The molecule has 3 aromatic rings. The van der Waals surface area contributed by atoms with E-state index in [0.29, 0.717) is 15.7 Å². The van der Waals surface area contributed by atoms with Gasteiger partial charge in [0.15, 0.2) is 10.2 Å². The zero-order valence-corrected chi connectivity index (χ0v) is 15.4. The Bertz CT molecular complexity index is 913. The van der Waals surface area contributed by atoms with Gasteiger partial charge in [-0.15, -0.1) is 0 Å². The van der Waals surface area contributed by atoms with E-state index in [1.807, 2.05) is 18.2 Å². The number of carbonyl (C=O) groups is 1. The van der Waals surface area contributed by atoms with Crippen LogP contribution in [0.3, 0.4) is 0 Å². The lowest BCUT2D eigenvalue weighted by molar-refractivity contribution is 0.0977. The Morgan fingerprint density at radius 3 is 2.87 bits per heavy atom. The van der Waals surface area contributed by atoms with Gasteiger partial charge in [0, 0.05) is 15.1 Å². The topological polar surface area (TPSA) is 54.0 Å². The third-order valence-corrected chi connectivity index (χ3v) is 4.75. The maximum absolute atomic E-state index is 12.1. The van der Waals surface area contributed by atoms with Crippen LogP contribution in [0.1, 0.15) is 10.4 Å². The highest BCUT2D eigenvalue weighted by atomic mass is 79.9. The van der Waals surface area contributed by atoms with Crippen molar-refractivity contribution in [3.05, 3.63) is 57.5 Å². The van der Waals surface area contributed by atoms with Crippen LogP contribution in [0.5, 0.6) is 0 Å². The zero-order valence-electron chi connectivity index (χ0n) is 11.5. The molecule has 4 nitrogen and oxygen atoms in total. The molecule has 0 radical (unpaired) electrons. The lowest BCUT2D eigenvalue weighted by atomic mass is 10.2. The van der Waals surface area contributed by atoms with Crippen LogP contribution in [0, 0.1) is 0 Å². The highest BCUT2D eigenvalue weighted by molar-refractivity contribution is 9.10. The summed E-state index contributed by atoms with van der Waals surface area (Å²) in [5, 5.41) is 6.99. The summed E-state index contributed by atoms with van der Waals surface area (Å²) in [5.41, 5.74) is 1.34. The smallest absolute Gasteiger partial charge is 0.257 e. The van der Waals surface area contributed by atoms with E-state index in [1.165, 1.54) is 11.3 Å². The first-order valence-electron chi connectivity index (χ1n) is 6.45. The standard InChI is InChI=1S/C15H9BrClN3OS2/c16-9-3-1-2-8(6-9)13(21)19-14(22)20-15-18-11-5-4-10(17)7-12(11)23-15/h1-7H,(H2,18,19,20,21,22). The maximum atomic E-state index is 12.1. The molecule has 116 valence electrons. The fourth-order valence-corrected chi connectivity index (χ4v) is 3.68. The zero-order chi connectivity index (χ0) is 16.4. The third-order valence-electron chi connectivity index (χ3n) is 2.88. The van der Waals surface area contributed by atoms with E-state index in [9.17, 15) is 4.79 Å². The van der Waals surface area contributed by atoms with Crippen molar-refractivity contribution < 1.29 is 4.79 Å². The number of nitrogens with zero attached hydrogens (tertiary/aromatic N) is 1. The largest absolute Gasteiger partial charge is 0.308 e. The molecule has 2 aromatic carbocycles. The van der Waals surface area contributed by atoms with Crippen molar-refractivity contribution in [2.75, 3.05) is 5.32 Å². The third kappa shape index (κ3) is 4.06. The Kier molecular flexibility index (Phi) is 4.91. The Morgan fingerprint density at radius 1 is 1.26 bits per heavy atom. The van der Waals surface area contributed by atoms with Crippen LogP contribution in [0.15, 0.2) is 46.9 Å². The van der Waals surface area contributed by atoms with E-state index in [-0.39, 0.29) is 11.0 Å². The summed E-state index contributed by atoms with van der Waals surface area (Å²) in [5.74, 6) is -0.284. The number of aromatic nitrogens is 1. The minimum absolute atomic E-state index is 0.195. The Balaban J connectivity index is 1.69. The normalized spacial score (nSPS) is 10.5. The molecule has 0 aliphatic heterocycles. The molecule has 0 atom stereocenters. The van der Waals surface area contributed by atoms with Crippen LogP contribution < -0.4 is 10.6 Å². The second-order valence-electron chi connectivity index (χ2n) is 4.55. The van der Waals surface area contributed by atoms with Crippen molar-refractivity contribution in [3.63, 3.8) is 0 Å². The fraction of sp³-hybridized carbons (Fsp3) is 0. The quantitative estimate of drug-likeness (QED) is 0.576.